The van der Waals surface area contributed by atoms with Crippen LogP contribution >= 0.6 is 0 Å². The Morgan fingerprint density at radius 1 is 1.24 bits per heavy atom. The van der Waals surface area contributed by atoms with E-state index in [1.165, 1.54) is 0 Å². The van der Waals surface area contributed by atoms with Crippen molar-refractivity contribution in [2.75, 3.05) is 48.9 Å². The third-order valence-electron chi connectivity index (χ3n) is 6.99. The van der Waals surface area contributed by atoms with Gasteiger partial charge in [-0.05, 0) is 57.5 Å². The van der Waals surface area contributed by atoms with Crippen molar-refractivity contribution in [3.8, 4) is 5.75 Å². The zero-order valence-corrected chi connectivity index (χ0v) is 22.3. The van der Waals surface area contributed by atoms with Crippen LogP contribution in [0.25, 0.3) is 0 Å². The van der Waals surface area contributed by atoms with E-state index in [9.17, 15) is 9.59 Å². The molecule has 0 bridgehead atoms. The van der Waals surface area contributed by atoms with Gasteiger partial charge in [-0.15, -0.1) is 0 Å². The fourth-order valence-electron chi connectivity index (χ4n) is 5.10. The number of carbonyl (C=O) groups excluding carboxylic acids is 2. The molecule has 2 aliphatic rings. The normalized spacial score (nSPS) is 18.2. The first-order chi connectivity index (χ1) is 17.9. The molecular weight excluding hydrogens is 470 g/mol. The Labute approximate surface area is 218 Å². The quantitative estimate of drug-likeness (QED) is 0.559. The summed E-state index contributed by atoms with van der Waals surface area (Å²) in [6.07, 6.45) is 8.47. The van der Waals surface area contributed by atoms with Crippen LogP contribution in [0.15, 0.2) is 36.7 Å². The standard InChI is InChI=1S/C27H37N7O3/c1-6-13-33-14-11-19(12-15-33)34-21(7-2)26(36)32(4)22-17-29-27(31-24(22)34)30-20-10-9-18(16-23(20)37-5)25(35)28-8-3/h6,9-10,13,16-17,19,21H,7-8,11-12,14-15H2,1-5H3,(H,28,35)(H,29,30,31)/t21-/m1/s1. The molecule has 1 fully saturated rings. The lowest BCUT2D eigenvalue weighted by Gasteiger charge is -2.46. The van der Waals surface area contributed by atoms with Crippen LogP contribution in [0, 0.1) is 0 Å². The Balaban J connectivity index is 1.66. The zero-order chi connectivity index (χ0) is 26.5. The van der Waals surface area contributed by atoms with Gasteiger partial charge in [0.1, 0.15) is 17.5 Å². The number of rotatable bonds is 8. The average Bonchev–Trinajstić information content (AvgIpc) is 2.91. The van der Waals surface area contributed by atoms with E-state index in [1.54, 1.807) is 43.5 Å². The molecule has 4 rings (SSSR count). The molecule has 3 heterocycles. The number of aromatic nitrogens is 2. The number of likely N-dealkylation sites (N-methyl/N-ethyl adjacent to an activating group) is 1. The second kappa shape index (κ2) is 11.5. The summed E-state index contributed by atoms with van der Waals surface area (Å²) in [5.74, 6) is 1.58. The maximum absolute atomic E-state index is 13.3. The molecule has 1 aromatic heterocycles. The fraction of sp³-hybridized carbons (Fsp3) is 0.481. The van der Waals surface area contributed by atoms with Crippen LogP contribution in [-0.2, 0) is 4.79 Å². The Hall–Kier alpha value is -3.82. The van der Waals surface area contributed by atoms with Crippen molar-refractivity contribution in [3.63, 3.8) is 0 Å². The molecule has 10 heteroatoms. The van der Waals surface area contributed by atoms with Gasteiger partial charge in [-0.1, -0.05) is 13.0 Å². The van der Waals surface area contributed by atoms with Gasteiger partial charge in [0, 0.05) is 38.3 Å². The third kappa shape index (κ3) is 5.33. The van der Waals surface area contributed by atoms with Crippen LogP contribution in [0.2, 0.25) is 0 Å². The second-order valence-corrected chi connectivity index (χ2v) is 9.28. The van der Waals surface area contributed by atoms with Gasteiger partial charge in [0.05, 0.1) is 19.0 Å². The summed E-state index contributed by atoms with van der Waals surface area (Å²) in [5, 5.41) is 6.05. The molecule has 1 atom stereocenters. The highest BCUT2D eigenvalue weighted by Gasteiger charge is 2.41. The molecule has 0 unspecified atom stereocenters. The second-order valence-electron chi connectivity index (χ2n) is 9.28. The molecule has 2 aromatic rings. The summed E-state index contributed by atoms with van der Waals surface area (Å²) in [6, 6.07) is 5.14. The number of fused-ring (bicyclic) bond motifs is 1. The highest BCUT2D eigenvalue weighted by Crippen LogP contribution is 2.39. The van der Waals surface area contributed by atoms with Crippen LogP contribution < -0.4 is 25.2 Å². The number of piperidine rings is 1. The molecule has 10 nitrogen and oxygen atoms in total. The Kier molecular flexibility index (Phi) is 8.15. The summed E-state index contributed by atoms with van der Waals surface area (Å²) in [4.78, 5) is 41.1. The number of benzene rings is 1. The molecular formula is C27H37N7O3. The molecule has 0 radical (unpaired) electrons. The van der Waals surface area contributed by atoms with Crippen molar-refractivity contribution >= 4 is 35.0 Å². The highest BCUT2D eigenvalue weighted by molar-refractivity contribution is 6.04. The molecule has 37 heavy (non-hydrogen) atoms. The van der Waals surface area contributed by atoms with Crippen molar-refractivity contribution in [1.29, 1.82) is 0 Å². The summed E-state index contributed by atoms with van der Waals surface area (Å²) < 4.78 is 5.54. The molecule has 0 spiro atoms. The average molecular weight is 508 g/mol. The van der Waals surface area contributed by atoms with Gasteiger partial charge in [-0.2, -0.15) is 4.98 Å². The molecule has 1 saturated heterocycles. The fourth-order valence-corrected chi connectivity index (χ4v) is 5.10. The summed E-state index contributed by atoms with van der Waals surface area (Å²) >= 11 is 0. The van der Waals surface area contributed by atoms with Crippen molar-refractivity contribution in [1.82, 2.24) is 20.2 Å². The number of allylic oxidation sites excluding steroid dienone is 1. The number of ether oxygens (including phenoxy) is 1. The first-order valence-corrected chi connectivity index (χ1v) is 12.9. The van der Waals surface area contributed by atoms with Crippen molar-refractivity contribution in [2.45, 2.75) is 52.1 Å². The number of hydrogen-bond donors (Lipinski definition) is 2. The molecule has 198 valence electrons. The summed E-state index contributed by atoms with van der Waals surface area (Å²) in [6.45, 7) is 8.37. The van der Waals surface area contributed by atoms with Crippen LogP contribution in [0.3, 0.4) is 0 Å². The first kappa shape index (κ1) is 26.2. The Morgan fingerprint density at radius 2 is 2.00 bits per heavy atom. The molecule has 2 N–H and O–H groups in total. The van der Waals surface area contributed by atoms with Gasteiger partial charge < -0.3 is 30.1 Å². The van der Waals surface area contributed by atoms with Crippen molar-refractivity contribution < 1.29 is 14.3 Å². The predicted octanol–water partition coefficient (Wildman–Crippen LogP) is 3.54. The van der Waals surface area contributed by atoms with E-state index in [-0.39, 0.29) is 23.9 Å². The molecule has 0 aliphatic carbocycles. The number of amides is 2. The van der Waals surface area contributed by atoms with Crippen LogP contribution in [0.1, 0.15) is 50.4 Å². The van der Waals surface area contributed by atoms with E-state index in [2.05, 4.69) is 37.7 Å². The number of carbonyl (C=O) groups is 2. The number of nitrogens with zero attached hydrogens (tertiary/aromatic N) is 5. The van der Waals surface area contributed by atoms with E-state index in [0.717, 1.165) is 31.7 Å². The number of hydrogen-bond acceptors (Lipinski definition) is 8. The topological polar surface area (TPSA) is 103 Å². The van der Waals surface area contributed by atoms with Gasteiger partial charge in [0.15, 0.2) is 5.82 Å². The Bertz CT molecular complexity index is 1160. The van der Waals surface area contributed by atoms with E-state index in [1.807, 2.05) is 20.8 Å². The van der Waals surface area contributed by atoms with Gasteiger partial charge in [-0.25, -0.2) is 4.98 Å². The maximum atomic E-state index is 13.3. The van der Waals surface area contributed by atoms with Gasteiger partial charge in [0.2, 0.25) is 11.9 Å². The van der Waals surface area contributed by atoms with Crippen LogP contribution in [0.5, 0.6) is 5.75 Å². The molecule has 1 aromatic carbocycles. The minimum atomic E-state index is -0.274. The Morgan fingerprint density at radius 3 is 2.65 bits per heavy atom. The lowest BCUT2D eigenvalue weighted by atomic mass is 9.97. The molecule has 2 aliphatic heterocycles. The predicted molar refractivity (Wildman–Crippen MR) is 146 cm³/mol. The minimum Gasteiger partial charge on any atom is -0.495 e. The monoisotopic (exact) mass is 507 g/mol. The van der Waals surface area contributed by atoms with Crippen molar-refractivity contribution in [2.24, 2.45) is 0 Å². The first-order valence-electron chi connectivity index (χ1n) is 12.9. The molecule has 0 saturated carbocycles. The smallest absolute Gasteiger partial charge is 0.251 e. The number of nitrogens with one attached hydrogen (secondary N) is 2. The molecule has 2 amide bonds. The van der Waals surface area contributed by atoms with Crippen molar-refractivity contribution in [3.05, 3.63) is 42.2 Å². The van der Waals surface area contributed by atoms with Gasteiger partial charge in [0.25, 0.3) is 5.91 Å². The van der Waals surface area contributed by atoms with Crippen LogP contribution in [-0.4, -0.2) is 72.6 Å². The van der Waals surface area contributed by atoms with Gasteiger partial charge in [-0.3, -0.25) is 9.59 Å². The van der Waals surface area contributed by atoms with E-state index in [0.29, 0.717) is 41.6 Å². The number of methoxy groups -OCH3 is 1. The summed E-state index contributed by atoms with van der Waals surface area (Å²) in [5.41, 5.74) is 1.86. The third-order valence-corrected chi connectivity index (χ3v) is 6.99. The van der Waals surface area contributed by atoms with Gasteiger partial charge >= 0.3 is 0 Å². The SMILES string of the molecule is CC=CN1CCC(N2c3nc(Nc4ccc(C(=O)NCC)cc4OC)ncc3N(C)C(=O)[C@H]2CC)CC1. The lowest BCUT2D eigenvalue weighted by Crippen LogP contribution is -2.58. The minimum absolute atomic E-state index is 0.0674. The van der Waals surface area contributed by atoms with E-state index >= 15 is 0 Å². The number of likely N-dealkylation sites (tertiary alicyclic amines) is 1. The lowest BCUT2D eigenvalue weighted by molar-refractivity contribution is -0.120. The largest absolute Gasteiger partial charge is 0.495 e. The number of anilines is 4. The zero-order valence-electron chi connectivity index (χ0n) is 22.3. The summed E-state index contributed by atoms with van der Waals surface area (Å²) in [7, 11) is 3.35. The maximum Gasteiger partial charge on any atom is 0.251 e. The van der Waals surface area contributed by atoms with Crippen LogP contribution in [0.4, 0.5) is 23.1 Å². The highest BCUT2D eigenvalue weighted by atomic mass is 16.5. The van der Waals surface area contributed by atoms with E-state index in [4.69, 9.17) is 9.72 Å². The van der Waals surface area contributed by atoms with E-state index < -0.39 is 0 Å².